The van der Waals surface area contributed by atoms with Crippen molar-refractivity contribution in [3.8, 4) is 5.75 Å². The summed E-state index contributed by atoms with van der Waals surface area (Å²) >= 11 is 6.31. The fourth-order valence-corrected chi connectivity index (χ4v) is 2.50. The lowest BCUT2D eigenvalue weighted by Crippen LogP contribution is -2.24. The first kappa shape index (κ1) is 13.9. The van der Waals surface area contributed by atoms with Crippen LogP contribution in [0.2, 0.25) is 5.02 Å². The molecule has 1 aliphatic rings. The number of aryl methyl sites for hydroxylation is 1. The molecular weight excluding hydrogens is 288 g/mol. The molecule has 1 aliphatic heterocycles. The molecule has 1 N–H and O–H groups in total. The number of amides is 1. The number of pyridine rings is 1. The van der Waals surface area contributed by atoms with Gasteiger partial charge >= 0.3 is 0 Å². The summed E-state index contributed by atoms with van der Waals surface area (Å²) in [5.74, 6) is 0.420. The monoisotopic (exact) mass is 302 g/mol. The van der Waals surface area contributed by atoms with Gasteiger partial charge < -0.3 is 10.1 Å². The third-order valence-electron chi connectivity index (χ3n) is 3.41. The highest BCUT2D eigenvalue weighted by Gasteiger charge is 2.19. The Balaban J connectivity index is 1.95. The number of aromatic nitrogens is 1. The first-order valence-corrected chi connectivity index (χ1v) is 7.16. The molecule has 2 heterocycles. The van der Waals surface area contributed by atoms with Gasteiger partial charge in [-0.3, -0.25) is 9.78 Å². The molecule has 0 aliphatic carbocycles. The fraction of sp³-hybridized carbons (Fsp3) is 0.250. The average Bonchev–Trinajstić information content (AvgIpc) is 2.64. The van der Waals surface area contributed by atoms with Crippen LogP contribution in [0.25, 0.3) is 0 Å². The number of carbonyl (C=O) groups excluding carboxylic acids is 1. The van der Waals surface area contributed by atoms with Gasteiger partial charge in [0.05, 0.1) is 12.1 Å². The fourth-order valence-electron chi connectivity index (χ4n) is 2.28. The number of nitrogens with one attached hydrogen (secondary N) is 1. The van der Waals surface area contributed by atoms with Crippen LogP contribution in [0.4, 0.5) is 0 Å². The Kier molecular flexibility index (Phi) is 3.80. The summed E-state index contributed by atoms with van der Waals surface area (Å²) in [7, 11) is 0. The van der Waals surface area contributed by atoms with Crippen LogP contribution in [-0.4, -0.2) is 24.0 Å². The van der Waals surface area contributed by atoms with Crippen LogP contribution in [0.5, 0.6) is 5.75 Å². The number of fused-ring (bicyclic) bond motifs is 1. The molecule has 0 fully saturated rings. The summed E-state index contributed by atoms with van der Waals surface area (Å²) < 4.78 is 5.54. The van der Waals surface area contributed by atoms with Crippen molar-refractivity contribution >= 4 is 17.5 Å². The molecule has 0 atom stereocenters. The normalized spacial score (nSPS) is 13.9. The molecule has 4 nitrogen and oxygen atoms in total. The lowest BCUT2D eigenvalue weighted by atomic mass is 10.0. The van der Waals surface area contributed by atoms with Crippen molar-refractivity contribution in [2.24, 2.45) is 0 Å². The maximum absolute atomic E-state index is 12.0. The van der Waals surface area contributed by atoms with Gasteiger partial charge in [-0.1, -0.05) is 17.7 Å². The first-order valence-electron chi connectivity index (χ1n) is 6.78. The molecule has 1 aromatic heterocycles. The zero-order chi connectivity index (χ0) is 14.8. The van der Waals surface area contributed by atoms with E-state index in [4.69, 9.17) is 16.3 Å². The van der Waals surface area contributed by atoms with Crippen molar-refractivity contribution in [2.45, 2.75) is 13.3 Å². The number of halogens is 1. The Morgan fingerprint density at radius 2 is 2.24 bits per heavy atom. The Morgan fingerprint density at radius 1 is 1.38 bits per heavy atom. The molecule has 0 saturated heterocycles. The Morgan fingerprint density at radius 3 is 3.00 bits per heavy atom. The second kappa shape index (κ2) is 5.74. The second-order valence-electron chi connectivity index (χ2n) is 5.03. The third-order valence-corrected chi connectivity index (χ3v) is 3.76. The molecular formula is C16H15ClN2O2. The quantitative estimate of drug-likeness (QED) is 0.928. The summed E-state index contributed by atoms with van der Waals surface area (Å²) in [6.07, 6.45) is 2.46. The van der Waals surface area contributed by atoms with Gasteiger partial charge in [-0.25, -0.2) is 0 Å². The molecule has 5 heteroatoms. The van der Waals surface area contributed by atoms with Crippen LogP contribution in [0.3, 0.4) is 0 Å². The molecule has 0 bridgehead atoms. The van der Waals surface area contributed by atoms with Crippen LogP contribution in [-0.2, 0) is 6.42 Å². The SMILES string of the molecule is Cc1ccc(Cc2cc3c(cc2Cl)OCCNC3=O)cn1. The van der Waals surface area contributed by atoms with Crippen molar-refractivity contribution in [1.82, 2.24) is 10.3 Å². The average molecular weight is 303 g/mol. The minimum atomic E-state index is -0.123. The van der Waals surface area contributed by atoms with Crippen molar-refractivity contribution < 1.29 is 9.53 Å². The third kappa shape index (κ3) is 3.00. The van der Waals surface area contributed by atoms with Crippen LogP contribution < -0.4 is 10.1 Å². The van der Waals surface area contributed by atoms with E-state index in [-0.39, 0.29) is 5.91 Å². The predicted molar refractivity (Wildman–Crippen MR) is 81.1 cm³/mol. The van der Waals surface area contributed by atoms with Crippen LogP contribution in [0, 0.1) is 6.92 Å². The number of nitrogens with zero attached hydrogens (tertiary/aromatic N) is 1. The Bertz CT molecular complexity index is 683. The molecule has 1 aromatic carbocycles. The summed E-state index contributed by atoms with van der Waals surface area (Å²) in [6, 6.07) is 7.50. The van der Waals surface area contributed by atoms with Gasteiger partial charge in [-0.05, 0) is 36.2 Å². The van der Waals surface area contributed by atoms with Gasteiger partial charge in [0.1, 0.15) is 12.4 Å². The molecule has 3 rings (SSSR count). The van der Waals surface area contributed by atoms with E-state index in [1.165, 1.54) is 0 Å². The van der Waals surface area contributed by atoms with Crippen molar-refractivity contribution in [1.29, 1.82) is 0 Å². The first-order chi connectivity index (χ1) is 10.1. The molecule has 108 valence electrons. The van der Waals surface area contributed by atoms with E-state index in [9.17, 15) is 4.79 Å². The van der Waals surface area contributed by atoms with Gasteiger partial charge in [-0.2, -0.15) is 0 Å². The zero-order valence-corrected chi connectivity index (χ0v) is 12.4. The highest BCUT2D eigenvalue weighted by molar-refractivity contribution is 6.31. The minimum Gasteiger partial charge on any atom is -0.491 e. The van der Waals surface area contributed by atoms with E-state index >= 15 is 0 Å². The molecule has 1 amide bonds. The minimum absolute atomic E-state index is 0.123. The summed E-state index contributed by atoms with van der Waals surface area (Å²) in [5.41, 5.74) is 3.45. The number of carbonyl (C=O) groups is 1. The van der Waals surface area contributed by atoms with Crippen molar-refractivity contribution in [2.75, 3.05) is 13.2 Å². The molecule has 21 heavy (non-hydrogen) atoms. The maximum atomic E-state index is 12.0. The van der Waals surface area contributed by atoms with Gasteiger partial charge in [0, 0.05) is 23.3 Å². The topological polar surface area (TPSA) is 51.2 Å². The molecule has 0 saturated carbocycles. The number of ether oxygens (including phenoxy) is 1. The van der Waals surface area contributed by atoms with Gasteiger partial charge in [0.15, 0.2) is 0 Å². The lowest BCUT2D eigenvalue weighted by molar-refractivity contribution is 0.0957. The second-order valence-corrected chi connectivity index (χ2v) is 5.44. The Labute approximate surface area is 128 Å². The number of hydrogen-bond acceptors (Lipinski definition) is 3. The summed E-state index contributed by atoms with van der Waals surface area (Å²) in [5, 5.41) is 3.40. The van der Waals surface area contributed by atoms with E-state index in [2.05, 4.69) is 10.3 Å². The maximum Gasteiger partial charge on any atom is 0.255 e. The van der Waals surface area contributed by atoms with E-state index in [1.807, 2.05) is 25.3 Å². The van der Waals surface area contributed by atoms with Gasteiger partial charge in [0.2, 0.25) is 0 Å². The molecule has 0 unspecified atom stereocenters. The van der Waals surface area contributed by atoms with E-state index < -0.39 is 0 Å². The molecule has 0 radical (unpaired) electrons. The highest BCUT2D eigenvalue weighted by atomic mass is 35.5. The van der Waals surface area contributed by atoms with Crippen LogP contribution in [0.1, 0.15) is 27.2 Å². The molecule has 2 aromatic rings. The van der Waals surface area contributed by atoms with E-state index in [0.717, 1.165) is 16.8 Å². The standard InChI is InChI=1S/C16H15ClN2O2/c1-10-2-3-11(9-19-10)6-12-7-13-15(8-14(12)17)21-5-4-18-16(13)20/h2-3,7-9H,4-6H2,1H3,(H,18,20). The van der Waals surface area contributed by atoms with Crippen LogP contribution >= 0.6 is 11.6 Å². The number of benzene rings is 1. The van der Waals surface area contributed by atoms with Crippen molar-refractivity contribution in [3.63, 3.8) is 0 Å². The summed E-state index contributed by atoms with van der Waals surface area (Å²) in [6.45, 7) is 2.90. The Hall–Kier alpha value is -2.07. The molecule has 0 spiro atoms. The number of rotatable bonds is 2. The number of hydrogen-bond donors (Lipinski definition) is 1. The lowest BCUT2D eigenvalue weighted by Gasteiger charge is -2.10. The van der Waals surface area contributed by atoms with Gasteiger partial charge in [-0.15, -0.1) is 0 Å². The van der Waals surface area contributed by atoms with Crippen LogP contribution in [0.15, 0.2) is 30.5 Å². The highest BCUT2D eigenvalue weighted by Crippen LogP contribution is 2.29. The van der Waals surface area contributed by atoms with E-state index in [0.29, 0.717) is 35.9 Å². The zero-order valence-electron chi connectivity index (χ0n) is 11.6. The largest absolute Gasteiger partial charge is 0.491 e. The van der Waals surface area contributed by atoms with Crippen molar-refractivity contribution in [3.05, 3.63) is 57.9 Å². The smallest absolute Gasteiger partial charge is 0.255 e. The predicted octanol–water partition coefficient (Wildman–Crippen LogP) is 2.76. The van der Waals surface area contributed by atoms with E-state index in [1.54, 1.807) is 12.1 Å². The summed E-state index contributed by atoms with van der Waals surface area (Å²) in [4.78, 5) is 16.3. The van der Waals surface area contributed by atoms with Gasteiger partial charge in [0.25, 0.3) is 5.91 Å².